The number of nitrogens with zero attached hydrogens (tertiary/aromatic N) is 1. The number of hydrogen-bond acceptors (Lipinski definition) is 4. The third-order valence-corrected chi connectivity index (χ3v) is 2.02. The lowest BCUT2D eigenvalue weighted by atomic mass is 10.2. The van der Waals surface area contributed by atoms with Gasteiger partial charge in [0.25, 0.3) is 5.69 Å². The van der Waals surface area contributed by atoms with Crippen LogP contribution in [0.2, 0.25) is 0 Å². The summed E-state index contributed by atoms with van der Waals surface area (Å²) in [5, 5.41) is 10.7. The first-order valence-electron chi connectivity index (χ1n) is 5.28. The molecular weight excluding hydrogens is 227 g/mol. The Labute approximate surface area is 98.7 Å². The van der Waals surface area contributed by atoms with E-state index in [1.807, 2.05) is 13.8 Å². The first kappa shape index (κ1) is 13.5. The number of hydrogen-bond donors (Lipinski definition) is 1. The number of nitrogens with one attached hydrogen (secondary N) is 1. The van der Waals surface area contributed by atoms with Gasteiger partial charge in [0.1, 0.15) is 5.82 Å². The Hall–Kier alpha value is -1.53. The van der Waals surface area contributed by atoms with E-state index in [-0.39, 0.29) is 17.8 Å². The van der Waals surface area contributed by atoms with Crippen LogP contribution < -0.4 is 5.48 Å². The summed E-state index contributed by atoms with van der Waals surface area (Å²) < 4.78 is 13.0. The van der Waals surface area contributed by atoms with Crippen LogP contribution in [0.15, 0.2) is 18.2 Å². The van der Waals surface area contributed by atoms with Crippen molar-refractivity contribution in [2.24, 2.45) is 5.92 Å². The van der Waals surface area contributed by atoms with E-state index in [1.165, 1.54) is 0 Å². The van der Waals surface area contributed by atoms with Crippen LogP contribution in [0.5, 0.6) is 0 Å². The average molecular weight is 242 g/mol. The van der Waals surface area contributed by atoms with Crippen molar-refractivity contribution in [1.29, 1.82) is 0 Å². The molecule has 0 aliphatic heterocycles. The Kier molecular flexibility index (Phi) is 4.99. The maximum absolute atomic E-state index is 13.0. The van der Waals surface area contributed by atoms with Gasteiger partial charge < -0.3 is 4.84 Å². The molecule has 1 rings (SSSR count). The highest BCUT2D eigenvalue weighted by atomic mass is 19.1. The van der Waals surface area contributed by atoms with Gasteiger partial charge in [0.2, 0.25) is 0 Å². The zero-order valence-electron chi connectivity index (χ0n) is 9.77. The number of nitro benzene ring substituents is 1. The summed E-state index contributed by atoms with van der Waals surface area (Å²) in [4.78, 5) is 15.2. The number of hydroxylamine groups is 1. The van der Waals surface area contributed by atoms with Crippen LogP contribution in [0.4, 0.5) is 10.1 Å². The predicted molar refractivity (Wildman–Crippen MR) is 60.7 cm³/mol. The van der Waals surface area contributed by atoms with E-state index in [9.17, 15) is 14.5 Å². The van der Waals surface area contributed by atoms with Crippen LogP contribution in [0.25, 0.3) is 0 Å². The highest BCUT2D eigenvalue weighted by Gasteiger charge is 2.13. The van der Waals surface area contributed by atoms with Gasteiger partial charge in [-0.2, -0.15) is 5.48 Å². The molecule has 1 N–H and O–H groups in total. The molecule has 6 heteroatoms. The molecule has 0 unspecified atom stereocenters. The second-order valence-corrected chi connectivity index (χ2v) is 4.06. The fourth-order valence-corrected chi connectivity index (χ4v) is 1.23. The summed E-state index contributed by atoms with van der Waals surface area (Å²) in [7, 11) is 0. The van der Waals surface area contributed by atoms with Crippen molar-refractivity contribution in [3.8, 4) is 0 Å². The smallest absolute Gasteiger partial charge is 0.274 e. The van der Waals surface area contributed by atoms with E-state index >= 15 is 0 Å². The van der Waals surface area contributed by atoms with Gasteiger partial charge in [-0.25, -0.2) is 4.39 Å². The number of halogens is 1. The molecule has 0 fully saturated rings. The molecule has 17 heavy (non-hydrogen) atoms. The minimum Gasteiger partial charge on any atom is -0.301 e. The van der Waals surface area contributed by atoms with Crippen molar-refractivity contribution in [3.05, 3.63) is 39.7 Å². The maximum atomic E-state index is 13.0. The Morgan fingerprint density at radius 2 is 2.24 bits per heavy atom. The van der Waals surface area contributed by atoms with Crippen molar-refractivity contribution in [1.82, 2.24) is 5.48 Å². The summed E-state index contributed by atoms with van der Waals surface area (Å²) in [6, 6.07) is 3.34. The second-order valence-electron chi connectivity index (χ2n) is 4.06. The highest BCUT2D eigenvalue weighted by molar-refractivity contribution is 5.40. The Bertz CT molecular complexity index is 396. The van der Waals surface area contributed by atoms with Crippen LogP contribution in [-0.2, 0) is 11.4 Å². The molecule has 94 valence electrons. The number of nitro groups is 1. The number of benzene rings is 1. The summed E-state index contributed by atoms with van der Waals surface area (Å²) in [6.45, 7) is 4.54. The lowest BCUT2D eigenvalue weighted by Crippen LogP contribution is -2.18. The lowest BCUT2D eigenvalue weighted by Gasteiger charge is -2.08. The fraction of sp³-hybridized carbons (Fsp3) is 0.455. The predicted octanol–water partition coefficient (Wildman–Crippen LogP) is 2.41. The molecule has 5 nitrogen and oxygen atoms in total. The van der Waals surface area contributed by atoms with Gasteiger partial charge in [-0.3, -0.25) is 10.1 Å². The van der Waals surface area contributed by atoms with Gasteiger partial charge in [0.15, 0.2) is 0 Å². The summed E-state index contributed by atoms with van der Waals surface area (Å²) >= 11 is 0. The van der Waals surface area contributed by atoms with E-state index in [0.29, 0.717) is 12.5 Å². The van der Waals surface area contributed by atoms with Gasteiger partial charge >= 0.3 is 0 Å². The summed E-state index contributed by atoms with van der Waals surface area (Å²) in [5.74, 6) is -0.152. The Morgan fingerprint density at radius 3 is 2.82 bits per heavy atom. The monoisotopic (exact) mass is 242 g/mol. The number of rotatable bonds is 6. The molecule has 0 radical (unpaired) electrons. The van der Waals surface area contributed by atoms with E-state index in [4.69, 9.17) is 4.84 Å². The van der Waals surface area contributed by atoms with Crippen LogP contribution in [-0.4, -0.2) is 11.5 Å². The first-order chi connectivity index (χ1) is 8.00. The van der Waals surface area contributed by atoms with Crippen LogP contribution in [0.3, 0.4) is 0 Å². The summed E-state index contributed by atoms with van der Waals surface area (Å²) in [6.07, 6.45) is 0. The van der Waals surface area contributed by atoms with Gasteiger partial charge in [0.05, 0.1) is 18.1 Å². The molecule has 1 aromatic rings. The third kappa shape index (κ3) is 4.46. The lowest BCUT2D eigenvalue weighted by molar-refractivity contribution is -0.385. The molecule has 1 aromatic carbocycles. The normalized spacial score (nSPS) is 10.8. The van der Waals surface area contributed by atoms with Crippen molar-refractivity contribution < 1.29 is 14.2 Å². The quantitative estimate of drug-likeness (QED) is 0.472. The standard InChI is InChI=1S/C11H15FN2O3/c1-8(2)7-17-13-6-9-5-10(12)3-4-11(9)14(15)16/h3-5,8,13H,6-7H2,1-2H3. The van der Waals surface area contributed by atoms with Crippen LogP contribution in [0.1, 0.15) is 19.4 Å². The Morgan fingerprint density at radius 1 is 1.53 bits per heavy atom. The highest BCUT2D eigenvalue weighted by Crippen LogP contribution is 2.19. The third-order valence-electron chi connectivity index (χ3n) is 2.02. The van der Waals surface area contributed by atoms with Crippen LogP contribution >= 0.6 is 0 Å². The maximum Gasteiger partial charge on any atom is 0.274 e. The zero-order chi connectivity index (χ0) is 12.8. The fourth-order valence-electron chi connectivity index (χ4n) is 1.23. The van der Waals surface area contributed by atoms with Crippen molar-refractivity contribution in [2.45, 2.75) is 20.4 Å². The topological polar surface area (TPSA) is 64.4 Å². The second kappa shape index (κ2) is 6.27. The Balaban J connectivity index is 2.62. The van der Waals surface area contributed by atoms with Crippen LogP contribution in [0, 0.1) is 21.8 Å². The molecule has 0 saturated heterocycles. The molecule has 0 aliphatic rings. The molecule has 0 saturated carbocycles. The van der Waals surface area contributed by atoms with E-state index in [0.717, 1.165) is 18.2 Å². The van der Waals surface area contributed by atoms with Crippen molar-refractivity contribution >= 4 is 5.69 Å². The molecule has 0 amide bonds. The summed E-state index contributed by atoms with van der Waals surface area (Å²) in [5.41, 5.74) is 2.73. The molecule has 0 spiro atoms. The SMILES string of the molecule is CC(C)CONCc1cc(F)ccc1[N+](=O)[O-]. The van der Waals surface area contributed by atoms with E-state index < -0.39 is 10.7 Å². The van der Waals surface area contributed by atoms with Gasteiger partial charge in [-0.15, -0.1) is 0 Å². The zero-order valence-corrected chi connectivity index (χ0v) is 9.77. The molecule has 0 aliphatic carbocycles. The molecular formula is C11H15FN2O3. The van der Waals surface area contributed by atoms with Crippen molar-refractivity contribution in [3.63, 3.8) is 0 Å². The molecule has 0 atom stereocenters. The van der Waals surface area contributed by atoms with E-state index in [1.54, 1.807) is 0 Å². The van der Waals surface area contributed by atoms with Gasteiger partial charge in [-0.05, 0) is 18.1 Å². The first-order valence-corrected chi connectivity index (χ1v) is 5.28. The van der Waals surface area contributed by atoms with Crippen molar-refractivity contribution in [2.75, 3.05) is 6.61 Å². The molecule has 0 aromatic heterocycles. The minimum atomic E-state index is -0.543. The largest absolute Gasteiger partial charge is 0.301 e. The molecule has 0 bridgehead atoms. The van der Waals surface area contributed by atoms with Gasteiger partial charge in [0, 0.05) is 11.6 Å². The minimum absolute atomic E-state index is 0.0980. The van der Waals surface area contributed by atoms with E-state index in [2.05, 4.69) is 5.48 Å². The average Bonchev–Trinajstić information content (AvgIpc) is 2.23. The van der Waals surface area contributed by atoms with Gasteiger partial charge in [-0.1, -0.05) is 13.8 Å². The molecule has 0 heterocycles.